The van der Waals surface area contributed by atoms with Gasteiger partial charge >= 0.3 is 0 Å². The van der Waals surface area contributed by atoms with Crippen molar-refractivity contribution in [2.75, 3.05) is 0 Å². The van der Waals surface area contributed by atoms with Crippen LogP contribution in [0, 0.1) is 6.92 Å². The molecule has 0 saturated heterocycles. The standard InChI is InChI=1S/C10H12S/c1-4-6-9-7-8(3)11-10(9)5-2/h4-7H,2H2,1,3H3/b6-4-. The van der Waals surface area contributed by atoms with E-state index in [0.717, 1.165) is 0 Å². The van der Waals surface area contributed by atoms with Gasteiger partial charge in [-0.25, -0.2) is 0 Å². The minimum absolute atomic E-state index is 1.26. The first-order valence-electron chi connectivity index (χ1n) is 3.63. The van der Waals surface area contributed by atoms with Crippen molar-refractivity contribution in [1.29, 1.82) is 0 Å². The van der Waals surface area contributed by atoms with Gasteiger partial charge in [0.1, 0.15) is 0 Å². The monoisotopic (exact) mass is 164 g/mol. The number of hydrogen-bond acceptors (Lipinski definition) is 1. The SMILES string of the molecule is C=Cc1sc(C)cc1/C=C\C. The van der Waals surface area contributed by atoms with Gasteiger partial charge < -0.3 is 0 Å². The molecule has 0 amide bonds. The number of rotatable bonds is 2. The van der Waals surface area contributed by atoms with Crippen LogP contribution in [0.25, 0.3) is 12.2 Å². The lowest BCUT2D eigenvalue weighted by Crippen LogP contribution is -1.66. The lowest BCUT2D eigenvalue weighted by Gasteiger charge is -1.86. The zero-order chi connectivity index (χ0) is 8.27. The zero-order valence-corrected chi connectivity index (χ0v) is 7.74. The van der Waals surface area contributed by atoms with E-state index >= 15 is 0 Å². The summed E-state index contributed by atoms with van der Waals surface area (Å²) in [6.45, 7) is 7.91. The highest BCUT2D eigenvalue weighted by Crippen LogP contribution is 2.23. The van der Waals surface area contributed by atoms with Crippen molar-refractivity contribution < 1.29 is 0 Å². The number of allylic oxidation sites excluding steroid dienone is 1. The summed E-state index contributed by atoms with van der Waals surface area (Å²) in [5.74, 6) is 0. The molecule has 0 spiro atoms. The van der Waals surface area contributed by atoms with E-state index in [1.807, 2.05) is 13.0 Å². The van der Waals surface area contributed by atoms with Gasteiger partial charge in [-0.2, -0.15) is 0 Å². The molecular formula is C10H12S. The molecule has 1 heterocycles. The predicted molar refractivity (Wildman–Crippen MR) is 53.9 cm³/mol. The first-order valence-corrected chi connectivity index (χ1v) is 4.45. The summed E-state index contributed by atoms with van der Waals surface area (Å²) in [6, 6.07) is 2.18. The van der Waals surface area contributed by atoms with E-state index in [0.29, 0.717) is 0 Å². The maximum absolute atomic E-state index is 3.76. The van der Waals surface area contributed by atoms with E-state index in [2.05, 4.69) is 31.7 Å². The van der Waals surface area contributed by atoms with Crippen LogP contribution >= 0.6 is 11.3 Å². The average Bonchev–Trinajstić information content (AvgIpc) is 2.32. The molecule has 0 aliphatic carbocycles. The average molecular weight is 164 g/mol. The predicted octanol–water partition coefficient (Wildman–Crippen LogP) is 3.73. The lowest BCUT2D eigenvalue weighted by atomic mass is 10.2. The fourth-order valence-electron chi connectivity index (χ4n) is 1.02. The maximum atomic E-state index is 3.76. The molecule has 0 aromatic carbocycles. The van der Waals surface area contributed by atoms with Gasteiger partial charge in [-0.15, -0.1) is 11.3 Å². The highest BCUT2D eigenvalue weighted by atomic mass is 32.1. The van der Waals surface area contributed by atoms with Crippen molar-refractivity contribution in [1.82, 2.24) is 0 Å². The molecule has 1 heteroatoms. The second-order valence-corrected chi connectivity index (χ2v) is 3.67. The van der Waals surface area contributed by atoms with Crippen molar-refractivity contribution in [2.45, 2.75) is 13.8 Å². The van der Waals surface area contributed by atoms with Crippen LogP contribution in [0.3, 0.4) is 0 Å². The highest BCUT2D eigenvalue weighted by molar-refractivity contribution is 7.13. The third-order valence-corrected chi connectivity index (χ3v) is 2.51. The minimum atomic E-state index is 1.26. The molecule has 0 N–H and O–H groups in total. The fraction of sp³-hybridized carbons (Fsp3) is 0.200. The summed E-state index contributed by atoms with van der Waals surface area (Å²) in [7, 11) is 0. The summed E-state index contributed by atoms with van der Waals surface area (Å²) in [4.78, 5) is 2.61. The van der Waals surface area contributed by atoms with Gasteiger partial charge in [-0.05, 0) is 25.5 Å². The summed E-state index contributed by atoms with van der Waals surface area (Å²) < 4.78 is 0. The van der Waals surface area contributed by atoms with Gasteiger partial charge in [0, 0.05) is 9.75 Å². The molecule has 0 fully saturated rings. The van der Waals surface area contributed by atoms with E-state index in [4.69, 9.17) is 0 Å². The highest BCUT2D eigenvalue weighted by Gasteiger charge is 1.98. The molecule has 0 bridgehead atoms. The van der Waals surface area contributed by atoms with E-state index < -0.39 is 0 Å². The molecule has 0 aliphatic rings. The molecule has 0 nitrogen and oxygen atoms in total. The smallest absolute Gasteiger partial charge is 0.0339 e. The van der Waals surface area contributed by atoms with Crippen LogP contribution in [-0.4, -0.2) is 0 Å². The van der Waals surface area contributed by atoms with Crippen molar-refractivity contribution in [2.24, 2.45) is 0 Å². The first kappa shape index (κ1) is 8.28. The Balaban J connectivity index is 3.11. The third-order valence-electron chi connectivity index (χ3n) is 1.45. The van der Waals surface area contributed by atoms with Crippen molar-refractivity contribution in [3.8, 4) is 0 Å². The summed E-state index contributed by atoms with van der Waals surface area (Å²) in [6.07, 6.45) is 6.07. The van der Waals surface area contributed by atoms with Crippen molar-refractivity contribution in [3.63, 3.8) is 0 Å². The number of thiophene rings is 1. The van der Waals surface area contributed by atoms with E-state index in [9.17, 15) is 0 Å². The largest absolute Gasteiger partial charge is 0.141 e. The van der Waals surface area contributed by atoms with E-state index in [1.165, 1.54) is 15.3 Å². The molecule has 0 saturated carbocycles. The Kier molecular flexibility index (Phi) is 2.66. The summed E-state index contributed by atoms with van der Waals surface area (Å²) >= 11 is 1.78. The molecule has 0 aliphatic heterocycles. The number of hydrogen-bond donors (Lipinski definition) is 0. The normalized spacial score (nSPS) is 10.7. The lowest BCUT2D eigenvalue weighted by molar-refractivity contribution is 1.62. The Morgan fingerprint density at radius 2 is 2.27 bits per heavy atom. The summed E-state index contributed by atoms with van der Waals surface area (Å²) in [5.41, 5.74) is 1.28. The van der Waals surface area contributed by atoms with Crippen LogP contribution in [-0.2, 0) is 0 Å². The van der Waals surface area contributed by atoms with Crippen LogP contribution in [0.4, 0.5) is 0 Å². The molecule has 1 aromatic heterocycles. The van der Waals surface area contributed by atoms with Gasteiger partial charge in [0.15, 0.2) is 0 Å². The number of aryl methyl sites for hydroxylation is 1. The molecule has 0 radical (unpaired) electrons. The van der Waals surface area contributed by atoms with Crippen molar-refractivity contribution >= 4 is 23.5 Å². The molecular weight excluding hydrogens is 152 g/mol. The van der Waals surface area contributed by atoms with Gasteiger partial charge in [0.05, 0.1) is 0 Å². The van der Waals surface area contributed by atoms with Crippen LogP contribution in [0.2, 0.25) is 0 Å². The Morgan fingerprint density at radius 1 is 1.55 bits per heavy atom. The van der Waals surface area contributed by atoms with Crippen LogP contribution in [0.1, 0.15) is 22.2 Å². The molecule has 0 unspecified atom stereocenters. The van der Waals surface area contributed by atoms with Gasteiger partial charge in [0.25, 0.3) is 0 Å². The Bertz CT molecular complexity index is 279. The molecule has 58 valence electrons. The summed E-state index contributed by atoms with van der Waals surface area (Å²) in [5, 5.41) is 0. The zero-order valence-electron chi connectivity index (χ0n) is 6.92. The van der Waals surface area contributed by atoms with Crippen LogP contribution in [0.15, 0.2) is 18.7 Å². The van der Waals surface area contributed by atoms with E-state index in [1.54, 1.807) is 11.3 Å². The van der Waals surface area contributed by atoms with Crippen LogP contribution < -0.4 is 0 Å². The third kappa shape index (κ3) is 1.81. The van der Waals surface area contributed by atoms with Gasteiger partial charge in [0.2, 0.25) is 0 Å². The van der Waals surface area contributed by atoms with Crippen molar-refractivity contribution in [3.05, 3.63) is 34.0 Å². The van der Waals surface area contributed by atoms with Crippen LogP contribution in [0.5, 0.6) is 0 Å². The quantitative estimate of drug-likeness (QED) is 0.624. The Labute approximate surface area is 71.9 Å². The second kappa shape index (κ2) is 3.54. The maximum Gasteiger partial charge on any atom is 0.0339 e. The first-order chi connectivity index (χ1) is 5.27. The molecule has 1 rings (SSSR count). The fourth-order valence-corrected chi connectivity index (χ4v) is 1.88. The second-order valence-electron chi connectivity index (χ2n) is 2.38. The van der Waals surface area contributed by atoms with E-state index in [-0.39, 0.29) is 0 Å². The Hall–Kier alpha value is -0.820. The Morgan fingerprint density at radius 3 is 2.82 bits per heavy atom. The van der Waals surface area contributed by atoms with Gasteiger partial charge in [-0.1, -0.05) is 24.8 Å². The minimum Gasteiger partial charge on any atom is -0.141 e. The topological polar surface area (TPSA) is 0 Å². The molecule has 0 atom stereocenters. The molecule has 11 heavy (non-hydrogen) atoms. The van der Waals surface area contributed by atoms with Gasteiger partial charge in [-0.3, -0.25) is 0 Å². The molecule has 1 aromatic rings.